The van der Waals surface area contributed by atoms with Gasteiger partial charge in [0.2, 0.25) is 0 Å². The van der Waals surface area contributed by atoms with E-state index in [1.165, 1.54) is 23.5 Å². The summed E-state index contributed by atoms with van der Waals surface area (Å²) in [6.45, 7) is 0. The van der Waals surface area contributed by atoms with Crippen LogP contribution in [0.2, 0.25) is 10.0 Å². The van der Waals surface area contributed by atoms with Crippen molar-refractivity contribution < 1.29 is 18.7 Å². The number of thiophene rings is 1. The Morgan fingerprint density at radius 2 is 1.57 bits per heavy atom. The monoisotopic (exact) mass is 454 g/mol. The summed E-state index contributed by atoms with van der Waals surface area (Å²) < 4.78 is 12.1. The first kappa shape index (κ1) is 19.1. The maximum absolute atomic E-state index is 12.7. The van der Waals surface area contributed by atoms with E-state index < -0.39 is 0 Å². The van der Waals surface area contributed by atoms with Gasteiger partial charge in [0.1, 0.15) is 17.1 Å². The van der Waals surface area contributed by atoms with Crippen LogP contribution in [0.4, 0.5) is 0 Å². The van der Waals surface area contributed by atoms with E-state index in [-0.39, 0.29) is 38.3 Å². The fourth-order valence-corrected chi connectivity index (χ4v) is 4.70. The van der Waals surface area contributed by atoms with Gasteiger partial charge in [-0.3, -0.25) is 9.59 Å². The number of carbonyl (C=O) groups excluding carboxylic acids is 2. The summed E-state index contributed by atoms with van der Waals surface area (Å²) in [5.41, 5.74) is 2.29. The number of allylic oxidation sites excluding steroid dienone is 1. The van der Waals surface area contributed by atoms with E-state index >= 15 is 0 Å². The number of hydrogen-bond donors (Lipinski definition) is 0. The first-order valence-corrected chi connectivity index (χ1v) is 10.5. The normalized spacial score (nSPS) is 13.2. The molecule has 0 unspecified atom stereocenters. The summed E-state index contributed by atoms with van der Waals surface area (Å²) in [5.74, 6) is 0.813. The van der Waals surface area contributed by atoms with Crippen LogP contribution in [0.3, 0.4) is 0 Å². The second-order valence-electron chi connectivity index (χ2n) is 6.74. The van der Waals surface area contributed by atoms with Crippen LogP contribution in [0, 0.1) is 0 Å². The topological polar surface area (TPSA) is 56.5 Å². The molecule has 0 fully saturated rings. The molecule has 0 saturated heterocycles. The predicted molar refractivity (Wildman–Crippen MR) is 119 cm³/mol. The maximum Gasteiger partial charge on any atom is 0.197 e. The van der Waals surface area contributed by atoms with Gasteiger partial charge in [0, 0.05) is 27.6 Å². The van der Waals surface area contributed by atoms with Gasteiger partial charge in [-0.1, -0.05) is 23.2 Å². The first-order chi connectivity index (χ1) is 14.4. The Morgan fingerprint density at radius 3 is 2.13 bits per heavy atom. The average Bonchev–Trinajstić information content (AvgIpc) is 3.37. The number of Topliss-reactive ketones (excluding diaryl/α,β-unsaturated/α-hetero) is 2. The van der Waals surface area contributed by atoms with Crippen molar-refractivity contribution in [3.05, 3.63) is 80.2 Å². The quantitative estimate of drug-likeness (QED) is 0.248. The summed E-state index contributed by atoms with van der Waals surface area (Å²) in [6, 6.07) is 14.2. The molecule has 0 N–H and O–H groups in total. The Kier molecular flexibility index (Phi) is 4.54. The number of ketones is 2. The Bertz CT molecular complexity index is 1300. The van der Waals surface area contributed by atoms with Crippen molar-refractivity contribution in [2.75, 3.05) is 7.11 Å². The lowest BCUT2D eigenvalue weighted by molar-refractivity contribution is 0.0990. The van der Waals surface area contributed by atoms with Crippen LogP contribution in [-0.2, 0) is 0 Å². The predicted octanol–water partition coefficient (Wildman–Crippen LogP) is 6.94. The number of rotatable bonds is 3. The number of furan rings is 1. The molecule has 1 aliphatic carbocycles. The fourth-order valence-electron chi connectivity index (χ4n) is 3.41. The van der Waals surface area contributed by atoms with Crippen molar-refractivity contribution in [2.24, 2.45) is 0 Å². The zero-order chi connectivity index (χ0) is 21.0. The van der Waals surface area contributed by atoms with E-state index in [0.29, 0.717) is 5.58 Å². The van der Waals surface area contributed by atoms with Crippen LogP contribution in [0.5, 0.6) is 5.75 Å². The van der Waals surface area contributed by atoms with Crippen molar-refractivity contribution in [3.8, 4) is 17.1 Å². The minimum Gasteiger partial charge on any atom is -0.497 e. The van der Waals surface area contributed by atoms with E-state index in [2.05, 4.69) is 0 Å². The highest BCUT2D eigenvalue weighted by Crippen LogP contribution is 2.38. The zero-order valence-electron chi connectivity index (χ0n) is 15.5. The molecule has 2 aromatic heterocycles. The van der Waals surface area contributed by atoms with Crippen molar-refractivity contribution in [1.29, 1.82) is 0 Å². The summed E-state index contributed by atoms with van der Waals surface area (Å²) in [5, 5.41) is 0.495. The lowest BCUT2D eigenvalue weighted by Gasteiger charge is -2.00. The molecular weight excluding hydrogens is 443 g/mol. The molecule has 2 aromatic carbocycles. The van der Waals surface area contributed by atoms with E-state index in [0.717, 1.165) is 26.7 Å². The average molecular weight is 455 g/mol. The summed E-state index contributed by atoms with van der Waals surface area (Å²) in [6.07, 6.45) is 1.60. The highest BCUT2D eigenvalue weighted by molar-refractivity contribution is 7.19. The van der Waals surface area contributed by atoms with E-state index in [1.807, 2.05) is 36.4 Å². The summed E-state index contributed by atoms with van der Waals surface area (Å²) in [4.78, 5) is 26.2. The molecular formula is C23H12Cl2O4S. The largest absolute Gasteiger partial charge is 0.497 e. The van der Waals surface area contributed by atoms with Gasteiger partial charge in [-0.25, -0.2) is 0 Å². The van der Waals surface area contributed by atoms with Gasteiger partial charge < -0.3 is 9.15 Å². The van der Waals surface area contributed by atoms with Crippen LogP contribution in [0.1, 0.15) is 25.6 Å². The lowest BCUT2D eigenvalue weighted by atomic mass is 10.1. The number of hydrogen-bond acceptors (Lipinski definition) is 5. The van der Waals surface area contributed by atoms with E-state index in [4.69, 9.17) is 32.4 Å². The molecule has 30 heavy (non-hydrogen) atoms. The molecule has 0 atom stereocenters. The number of carbonyl (C=O) groups is 2. The second kappa shape index (κ2) is 7.13. The molecule has 1 aliphatic rings. The molecule has 0 radical (unpaired) electrons. The first-order valence-electron chi connectivity index (χ1n) is 8.92. The smallest absolute Gasteiger partial charge is 0.197 e. The van der Waals surface area contributed by atoms with E-state index in [1.54, 1.807) is 13.2 Å². The number of fused-ring (bicyclic) bond motifs is 2. The van der Waals surface area contributed by atoms with Crippen LogP contribution in [0.25, 0.3) is 27.7 Å². The Hall–Kier alpha value is -2.86. The van der Waals surface area contributed by atoms with Crippen molar-refractivity contribution in [2.45, 2.75) is 0 Å². The van der Waals surface area contributed by atoms with Gasteiger partial charge in [-0.2, -0.15) is 0 Å². The molecule has 0 spiro atoms. The molecule has 2 heterocycles. The van der Waals surface area contributed by atoms with E-state index in [9.17, 15) is 9.59 Å². The Balaban J connectivity index is 1.48. The third-order valence-corrected chi connectivity index (χ3v) is 6.66. The molecule has 0 bridgehead atoms. The van der Waals surface area contributed by atoms with Crippen LogP contribution >= 0.6 is 34.5 Å². The van der Waals surface area contributed by atoms with Crippen LogP contribution in [0.15, 0.2) is 58.5 Å². The Labute approximate surface area is 185 Å². The van der Waals surface area contributed by atoms with Gasteiger partial charge in [0.25, 0.3) is 0 Å². The highest BCUT2D eigenvalue weighted by atomic mass is 35.5. The molecule has 0 aliphatic heterocycles. The molecule has 4 nitrogen and oxygen atoms in total. The minimum atomic E-state index is -0.350. The molecule has 4 aromatic rings. The molecule has 0 saturated carbocycles. The summed E-state index contributed by atoms with van der Waals surface area (Å²) in [7, 11) is 1.62. The number of benzene rings is 2. The SMILES string of the molecule is COc1ccc(-c2cc3sc(C=C4C(=O)c5cc(Cl)c(Cl)cc5C4=O)cc3o2)cc1. The number of methoxy groups -OCH3 is 1. The second-order valence-corrected chi connectivity index (χ2v) is 8.67. The number of ether oxygens (including phenoxy) is 1. The highest BCUT2D eigenvalue weighted by Gasteiger charge is 2.34. The fraction of sp³-hybridized carbons (Fsp3) is 0.0435. The van der Waals surface area contributed by atoms with Gasteiger partial charge in [0.05, 0.1) is 27.4 Å². The van der Waals surface area contributed by atoms with Crippen molar-refractivity contribution in [3.63, 3.8) is 0 Å². The summed E-state index contributed by atoms with van der Waals surface area (Å²) >= 11 is 13.4. The van der Waals surface area contributed by atoms with Crippen LogP contribution in [-0.4, -0.2) is 18.7 Å². The van der Waals surface area contributed by atoms with Gasteiger partial charge >= 0.3 is 0 Å². The molecule has 7 heteroatoms. The maximum atomic E-state index is 12.7. The van der Waals surface area contributed by atoms with Crippen LogP contribution < -0.4 is 4.74 Å². The van der Waals surface area contributed by atoms with Gasteiger partial charge in [0.15, 0.2) is 11.6 Å². The zero-order valence-corrected chi connectivity index (χ0v) is 17.8. The third kappa shape index (κ3) is 3.06. The van der Waals surface area contributed by atoms with Crippen molar-refractivity contribution in [1.82, 2.24) is 0 Å². The van der Waals surface area contributed by atoms with Gasteiger partial charge in [-0.05, 0) is 48.5 Å². The molecule has 5 rings (SSSR count). The number of halogens is 2. The minimum absolute atomic E-state index is 0.0996. The Morgan fingerprint density at radius 1 is 0.933 bits per heavy atom. The van der Waals surface area contributed by atoms with Gasteiger partial charge in [-0.15, -0.1) is 11.3 Å². The molecule has 148 valence electrons. The third-order valence-electron chi connectivity index (χ3n) is 4.93. The van der Waals surface area contributed by atoms with Crippen molar-refractivity contribution >= 4 is 62.5 Å². The molecule has 0 amide bonds. The standard InChI is InChI=1S/C23H12Cl2O4S/c1-28-12-4-2-11(3-5-12)19-10-21-20(29-19)7-13(30-21)6-16-22(26)14-8-17(24)18(25)9-15(14)23(16)27/h2-10H,1H3. The lowest BCUT2D eigenvalue weighted by Crippen LogP contribution is -1.99.